The molecule has 0 aromatic rings. The van der Waals surface area contributed by atoms with Crippen molar-refractivity contribution in [2.75, 3.05) is 39.3 Å². The Morgan fingerprint density at radius 1 is 0.909 bits per heavy atom. The van der Waals surface area contributed by atoms with Crippen LogP contribution in [0.3, 0.4) is 0 Å². The topological polar surface area (TPSA) is 135 Å². The molecule has 0 aromatic heterocycles. The van der Waals surface area contributed by atoms with Gasteiger partial charge in [0.05, 0.1) is 0 Å². The average molecular weight is 314 g/mol. The third-order valence-electron chi connectivity index (χ3n) is 3.23. The van der Waals surface area contributed by atoms with Crippen LogP contribution < -0.4 is 22.1 Å². The van der Waals surface area contributed by atoms with Crippen molar-refractivity contribution in [2.24, 2.45) is 11.5 Å². The number of hydrogen-bond donors (Lipinski definition) is 4. The minimum absolute atomic E-state index is 0.406. The third-order valence-corrected chi connectivity index (χ3v) is 3.23. The summed E-state index contributed by atoms with van der Waals surface area (Å²) in [7, 11) is 0. The molecule has 2 heterocycles. The molecule has 6 N–H and O–H groups in total. The van der Waals surface area contributed by atoms with Crippen LogP contribution in [0.25, 0.3) is 0 Å². The smallest absolute Gasteiger partial charge is 0.349 e. The molecule has 0 radical (unpaired) electrons. The van der Waals surface area contributed by atoms with E-state index in [1.165, 1.54) is 10.1 Å². The van der Waals surface area contributed by atoms with Crippen LogP contribution >= 0.6 is 0 Å². The summed E-state index contributed by atoms with van der Waals surface area (Å²) in [5.41, 5.74) is 11.5. The van der Waals surface area contributed by atoms with E-state index in [0.29, 0.717) is 39.3 Å². The normalized spacial score (nSPS) is 27.7. The lowest BCUT2D eigenvalue weighted by molar-refractivity contribution is -0.201. The van der Waals surface area contributed by atoms with Crippen molar-refractivity contribution in [3.63, 3.8) is 0 Å². The first kappa shape index (κ1) is 16.8. The zero-order chi connectivity index (χ0) is 15.9. The van der Waals surface area contributed by atoms with Gasteiger partial charge in [-0.05, 0) is 0 Å². The van der Waals surface area contributed by atoms with E-state index in [9.17, 15) is 9.59 Å². The fourth-order valence-electron chi connectivity index (χ4n) is 2.07. The van der Waals surface area contributed by atoms with Crippen LogP contribution in [0.1, 0.15) is 0 Å². The van der Waals surface area contributed by atoms with Crippen LogP contribution in [0.4, 0.5) is 0 Å². The van der Waals surface area contributed by atoms with Gasteiger partial charge >= 0.3 is 11.9 Å². The van der Waals surface area contributed by atoms with Crippen LogP contribution in [0.15, 0.2) is 12.2 Å². The molecule has 2 saturated heterocycles. The second kappa shape index (κ2) is 8.17. The first-order valence-corrected chi connectivity index (χ1v) is 7.14. The molecule has 10 nitrogen and oxygen atoms in total. The standard InChI is InChI=1S/C12H22N6O4/c13-9-7-15-3-5-17(9)21-11(19)1-2-12(20)22-18-6-4-16-8-10(18)14/h1-2,9-10,15-16H,3-8,13-14H2/b2-1-. The van der Waals surface area contributed by atoms with Crippen LogP contribution in [-0.2, 0) is 19.3 Å². The number of nitrogens with zero attached hydrogens (tertiary/aromatic N) is 2. The van der Waals surface area contributed by atoms with E-state index >= 15 is 0 Å². The Morgan fingerprint density at radius 2 is 1.32 bits per heavy atom. The Balaban J connectivity index is 1.75. The zero-order valence-corrected chi connectivity index (χ0v) is 12.2. The Hall–Kier alpha value is -1.56. The molecule has 22 heavy (non-hydrogen) atoms. The number of nitrogens with two attached hydrogens (primary N) is 2. The highest BCUT2D eigenvalue weighted by Crippen LogP contribution is 2.02. The number of carbonyl (C=O) groups is 2. The molecule has 2 fully saturated rings. The van der Waals surface area contributed by atoms with Gasteiger partial charge in [-0.25, -0.2) is 9.59 Å². The van der Waals surface area contributed by atoms with Crippen LogP contribution in [0, 0.1) is 0 Å². The Kier molecular flexibility index (Phi) is 6.24. The fraction of sp³-hybridized carbons (Fsp3) is 0.667. The quantitative estimate of drug-likeness (QED) is 0.394. The molecular formula is C12H22N6O4. The van der Waals surface area contributed by atoms with Crippen LogP contribution in [0.2, 0.25) is 0 Å². The predicted octanol–water partition coefficient (Wildman–Crippen LogP) is -3.16. The zero-order valence-electron chi connectivity index (χ0n) is 12.2. The molecule has 0 saturated carbocycles. The second-order valence-electron chi connectivity index (χ2n) is 4.98. The number of piperazine rings is 2. The van der Waals surface area contributed by atoms with Crippen molar-refractivity contribution in [1.29, 1.82) is 0 Å². The van der Waals surface area contributed by atoms with Gasteiger partial charge in [-0.15, -0.1) is 10.1 Å². The molecule has 0 amide bonds. The maximum absolute atomic E-state index is 11.6. The Morgan fingerprint density at radius 3 is 1.68 bits per heavy atom. The van der Waals surface area contributed by atoms with E-state index < -0.39 is 24.3 Å². The van der Waals surface area contributed by atoms with Crippen molar-refractivity contribution in [1.82, 2.24) is 20.8 Å². The highest BCUT2D eigenvalue weighted by molar-refractivity contribution is 5.91. The van der Waals surface area contributed by atoms with E-state index in [-0.39, 0.29) is 0 Å². The number of hydrogen-bond acceptors (Lipinski definition) is 10. The summed E-state index contributed by atoms with van der Waals surface area (Å²) >= 11 is 0. The van der Waals surface area contributed by atoms with Crippen molar-refractivity contribution in [3.8, 4) is 0 Å². The molecule has 2 aliphatic rings. The van der Waals surface area contributed by atoms with Crippen molar-refractivity contribution < 1.29 is 19.3 Å². The van der Waals surface area contributed by atoms with E-state index in [1.54, 1.807) is 0 Å². The fourth-order valence-corrected chi connectivity index (χ4v) is 2.07. The lowest BCUT2D eigenvalue weighted by atomic mass is 10.4. The van der Waals surface area contributed by atoms with Crippen molar-refractivity contribution >= 4 is 11.9 Å². The molecule has 124 valence electrons. The summed E-state index contributed by atoms with van der Waals surface area (Å²) in [4.78, 5) is 33.4. The van der Waals surface area contributed by atoms with E-state index in [0.717, 1.165) is 12.2 Å². The predicted molar refractivity (Wildman–Crippen MR) is 76.4 cm³/mol. The number of carbonyl (C=O) groups excluding carboxylic acids is 2. The molecule has 2 aliphatic heterocycles. The highest BCUT2D eigenvalue weighted by Gasteiger charge is 2.23. The van der Waals surface area contributed by atoms with Crippen LogP contribution in [-0.4, -0.2) is 73.7 Å². The molecule has 0 aliphatic carbocycles. The molecule has 2 atom stereocenters. The minimum atomic E-state index is -0.682. The molecule has 10 heteroatoms. The summed E-state index contributed by atoms with van der Waals surface area (Å²) in [6.45, 7) is 3.38. The number of rotatable bonds is 4. The summed E-state index contributed by atoms with van der Waals surface area (Å²) < 4.78 is 0. The monoisotopic (exact) mass is 314 g/mol. The van der Waals surface area contributed by atoms with Crippen molar-refractivity contribution in [3.05, 3.63) is 12.2 Å². The lowest BCUT2D eigenvalue weighted by Crippen LogP contribution is -2.56. The molecule has 2 unspecified atom stereocenters. The van der Waals surface area contributed by atoms with Gasteiger partial charge in [-0.1, -0.05) is 0 Å². The number of nitrogens with one attached hydrogen (secondary N) is 2. The largest absolute Gasteiger partial charge is 0.363 e. The average Bonchev–Trinajstić information content (AvgIpc) is 2.50. The summed E-state index contributed by atoms with van der Waals surface area (Å²) in [5.74, 6) is -1.36. The first-order valence-electron chi connectivity index (χ1n) is 7.14. The van der Waals surface area contributed by atoms with Crippen molar-refractivity contribution in [2.45, 2.75) is 12.3 Å². The molecule has 2 rings (SSSR count). The van der Waals surface area contributed by atoms with Gasteiger partial charge in [-0.2, -0.15) is 0 Å². The molecule has 0 spiro atoms. The lowest BCUT2D eigenvalue weighted by Gasteiger charge is -2.31. The molecule has 0 bridgehead atoms. The second-order valence-corrected chi connectivity index (χ2v) is 4.98. The summed E-state index contributed by atoms with van der Waals surface area (Å²) in [5, 5.41) is 8.88. The van der Waals surface area contributed by atoms with Gasteiger partial charge in [-0.3, -0.25) is 0 Å². The molecular weight excluding hydrogens is 292 g/mol. The molecule has 0 aromatic carbocycles. The highest BCUT2D eigenvalue weighted by atomic mass is 16.7. The van der Waals surface area contributed by atoms with Gasteiger partial charge in [0.1, 0.15) is 12.3 Å². The van der Waals surface area contributed by atoms with E-state index in [1.807, 2.05) is 0 Å². The summed E-state index contributed by atoms with van der Waals surface area (Å²) in [6, 6.07) is 0. The van der Waals surface area contributed by atoms with Gasteiger partial charge in [0.15, 0.2) is 0 Å². The van der Waals surface area contributed by atoms with Gasteiger partial charge in [0, 0.05) is 51.4 Å². The van der Waals surface area contributed by atoms with E-state index in [4.69, 9.17) is 21.1 Å². The summed E-state index contributed by atoms with van der Waals surface area (Å²) in [6.07, 6.45) is 1.20. The Bertz CT molecular complexity index is 394. The SMILES string of the molecule is NC1CNCCN1OC(=O)/C=C\C(=O)ON1CCNCC1N. The van der Waals surface area contributed by atoms with Gasteiger partial charge in [0.2, 0.25) is 0 Å². The minimum Gasteiger partial charge on any atom is -0.363 e. The Labute approximate surface area is 128 Å². The first-order chi connectivity index (χ1) is 10.6. The van der Waals surface area contributed by atoms with Crippen LogP contribution in [0.5, 0.6) is 0 Å². The maximum atomic E-state index is 11.6. The number of hydroxylamine groups is 4. The van der Waals surface area contributed by atoms with E-state index in [2.05, 4.69) is 10.6 Å². The third kappa shape index (κ3) is 5.02. The van der Waals surface area contributed by atoms with Gasteiger partial charge < -0.3 is 31.8 Å². The van der Waals surface area contributed by atoms with Gasteiger partial charge in [0.25, 0.3) is 0 Å². The maximum Gasteiger partial charge on any atom is 0.349 e.